The van der Waals surface area contributed by atoms with Crippen LogP contribution in [0, 0.1) is 0 Å². The first kappa shape index (κ1) is 25.6. The van der Waals surface area contributed by atoms with Crippen molar-refractivity contribution in [3.05, 3.63) is 53.6 Å². The number of rotatable bonds is 8. The number of amides is 1. The lowest BCUT2D eigenvalue weighted by atomic mass is 9.90. The molecule has 0 aromatic heterocycles. The van der Waals surface area contributed by atoms with Gasteiger partial charge in [-0.05, 0) is 36.2 Å². The van der Waals surface area contributed by atoms with Crippen molar-refractivity contribution >= 4 is 41.5 Å². The van der Waals surface area contributed by atoms with E-state index < -0.39 is 6.61 Å². The van der Waals surface area contributed by atoms with Crippen LogP contribution in [0.3, 0.4) is 0 Å². The van der Waals surface area contributed by atoms with Crippen LogP contribution < -0.4 is 25.4 Å². The molecule has 1 atom stereocenters. The van der Waals surface area contributed by atoms with Crippen LogP contribution in [0.4, 0.5) is 14.5 Å². The van der Waals surface area contributed by atoms with Gasteiger partial charge in [-0.1, -0.05) is 24.3 Å². The molecule has 1 aliphatic heterocycles. The second-order valence-corrected chi connectivity index (χ2v) is 6.94. The Morgan fingerprint density at radius 1 is 1.22 bits per heavy atom. The third-order valence-electron chi connectivity index (χ3n) is 4.83. The summed E-state index contributed by atoms with van der Waals surface area (Å²) in [5.41, 5.74) is 2.74. The third-order valence-corrected chi connectivity index (χ3v) is 4.83. The van der Waals surface area contributed by atoms with E-state index in [0.717, 1.165) is 16.8 Å². The van der Waals surface area contributed by atoms with E-state index in [1.807, 2.05) is 24.3 Å². The summed E-state index contributed by atoms with van der Waals surface area (Å²) in [5.74, 6) is 0.836. The molecule has 174 valence electrons. The van der Waals surface area contributed by atoms with Gasteiger partial charge in [-0.25, -0.2) is 0 Å². The average molecular weight is 560 g/mol. The fourth-order valence-corrected chi connectivity index (χ4v) is 3.43. The maximum atomic E-state index is 12.6. The zero-order valence-corrected chi connectivity index (χ0v) is 20.2. The van der Waals surface area contributed by atoms with Crippen LogP contribution in [0.5, 0.6) is 11.5 Å². The molecule has 1 aliphatic rings. The van der Waals surface area contributed by atoms with E-state index in [1.54, 1.807) is 26.1 Å². The number of halogens is 3. The van der Waals surface area contributed by atoms with Crippen LogP contribution in [-0.2, 0) is 11.3 Å². The lowest BCUT2D eigenvalue weighted by Gasteiger charge is -2.26. The van der Waals surface area contributed by atoms with Gasteiger partial charge in [0, 0.05) is 38.2 Å². The van der Waals surface area contributed by atoms with E-state index in [2.05, 4.69) is 25.7 Å². The molecule has 32 heavy (non-hydrogen) atoms. The van der Waals surface area contributed by atoms with E-state index in [0.29, 0.717) is 32.1 Å². The number of alkyl halides is 2. The number of hydrogen-bond acceptors (Lipinski definition) is 4. The predicted molar refractivity (Wildman–Crippen MR) is 130 cm³/mol. The highest BCUT2D eigenvalue weighted by Crippen LogP contribution is 2.31. The molecular weight excluding hydrogens is 533 g/mol. The highest BCUT2D eigenvalue weighted by atomic mass is 127. The summed E-state index contributed by atoms with van der Waals surface area (Å²) in [5, 5.41) is 9.32. The minimum Gasteiger partial charge on any atom is -0.490 e. The van der Waals surface area contributed by atoms with Gasteiger partial charge in [0.1, 0.15) is 0 Å². The van der Waals surface area contributed by atoms with E-state index in [4.69, 9.17) is 4.74 Å². The maximum absolute atomic E-state index is 12.6. The van der Waals surface area contributed by atoms with Crippen molar-refractivity contribution in [2.24, 2.45) is 4.99 Å². The number of benzene rings is 2. The minimum absolute atomic E-state index is 0. The first-order chi connectivity index (χ1) is 15.0. The molecule has 0 bridgehead atoms. The number of ether oxygens (including phenoxy) is 2. The molecule has 2 aromatic rings. The van der Waals surface area contributed by atoms with Crippen molar-refractivity contribution in [2.45, 2.75) is 32.4 Å². The number of aliphatic imine (C=N–C) groups is 1. The molecule has 1 heterocycles. The molecule has 0 saturated carbocycles. The summed E-state index contributed by atoms with van der Waals surface area (Å²) in [6.45, 7) is 0.118. The summed E-state index contributed by atoms with van der Waals surface area (Å²) < 4.78 is 35.0. The molecule has 1 amide bonds. The van der Waals surface area contributed by atoms with Crippen LogP contribution in [-0.4, -0.2) is 38.7 Å². The van der Waals surface area contributed by atoms with Crippen molar-refractivity contribution in [3.8, 4) is 11.5 Å². The Morgan fingerprint density at radius 3 is 2.72 bits per heavy atom. The predicted octanol–water partition coefficient (Wildman–Crippen LogP) is 4.10. The van der Waals surface area contributed by atoms with Gasteiger partial charge in [0.25, 0.3) is 0 Å². The molecule has 2 aromatic carbocycles. The normalized spacial score (nSPS) is 15.3. The molecule has 7 nitrogen and oxygen atoms in total. The van der Waals surface area contributed by atoms with Crippen LogP contribution >= 0.6 is 24.0 Å². The number of nitrogens with zero attached hydrogens (tertiary/aromatic N) is 1. The standard InChI is InChI=1S/C22H26F2N4O3.HI/c1-3-30-19-10-14(8-9-18(19)31-21(23)24)12-26-22(25-2)27-13-15-11-20(29)28-17-7-5-4-6-16(15)17;/h4-10,15,21H,3,11-13H2,1-2H3,(H,28,29)(H2,25,26,27);1H. The van der Waals surface area contributed by atoms with E-state index >= 15 is 0 Å². The van der Waals surface area contributed by atoms with Crippen molar-refractivity contribution in [2.75, 3.05) is 25.5 Å². The Bertz CT molecular complexity index is 943. The van der Waals surface area contributed by atoms with Crippen LogP contribution in [0.2, 0.25) is 0 Å². The van der Waals surface area contributed by atoms with Gasteiger partial charge in [0.05, 0.1) is 6.61 Å². The van der Waals surface area contributed by atoms with Crippen molar-refractivity contribution < 1.29 is 23.0 Å². The van der Waals surface area contributed by atoms with E-state index in [9.17, 15) is 13.6 Å². The fraction of sp³-hybridized carbons (Fsp3) is 0.364. The van der Waals surface area contributed by atoms with Crippen LogP contribution in [0.25, 0.3) is 0 Å². The summed E-state index contributed by atoms with van der Waals surface area (Å²) in [4.78, 5) is 16.2. The summed E-state index contributed by atoms with van der Waals surface area (Å²) in [6.07, 6.45) is 0.393. The Kier molecular flexibility index (Phi) is 9.95. The third kappa shape index (κ3) is 6.94. The Morgan fingerprint density at radius 2 is 2.00 bits per heavy atom. The molecule has 1 unspecified atom stereocenters. The highest BCUT2D eigenvalue weighted by Gasteiger charge is 2.24. The van der Waals surface area contributed by atoms with Gasteiger partial charge in [-0.2, -0.15) is 8.78 Å². The Hall–Kier alpha value is -2.63. The average Bonchev–Trinajstić information content (AvgIpc) is 2.75. The number of fused-ring (bicyclic) bond motifs is 1. The fourth-order valence-electron chi connectivity index (χ4n) is 3.43. The van der Waals surface area contributed by atoms with Crippen LogP contribution in [0.1, 0.15) is 30.4 Å². The van der Waals surface area contributed by atoms with Gasteiger partial charge in [-0.3, -0.25) is 9.79 Å². The number of anilines is 1. The number of hydrogen-bond donors (Lipinski definition) is 3. The van der Waals surface area contributed by atoms with E-state index in [1.165, 1.54) is 6.07 Å². The first-order valence-corrected chi connectivity index (χ1v) is 10.0. The zero-order chi connectivity index (χ0) is 22.2. The molecule has 0 radical (unpaired) electrons. The smallest absolute Gasteiger partial charge is 0.387 e. The Labute approximate surface area is 203 Å². The summed E-state index contributed by atoms with van der Waals surface area (Å²) >= 11 is 0. The zero-order valence-electron chi connectivity index (χ0n) is 17.9. The second-order valence-electron chi connectivity index (χ2n) is 6.94. The summed E-state index contributed by atoms with van der Waals surface area (Å²) in [6, 6.07) is 12.5. The number of carbonyl (C=O) groups excluding carboxylic acids is 1. The topological polar surface area (TPSA) is 84.0 Å². The minimum atomic E-state index is -2.92. The van der Waals surface area contributed by atoms with E-state index in [-0.39, 0.29) is 47.3 Å². The van der Waals surface area contributed by atoms with Gasteiger partial charge in [-0.15, -0.1) is 24.0 Å². The van der Waals surface area contributed by atoms with Gasteiger partial charge >= 0.3 is 6.61 Å². The number of guanidine groups is 1. The van der Waals surface area contributed by atoms with Crippen molar-refractivity contribution in [1.82, 2.24) is 10.6 Å². The molecule has 10 heteroatoms. The molecule has 0 saturated heterocycles. The monoisotopic (exact) mass is 560 g/mol. The molecule has 3 rings (SSSR count). The molecule has 0 fully saturated rings. The molecule has 0 aliphatic carbocycles. The molecule has 0 spiro atoms. The second kappa shape index (κ2) is 12.4. The molecular formula is C22H27F2IN4O3. The largest absolute Gasteiger partial charge is 0.490 e. The van der Waals surface area contributed by atoms with Gasteiger partial charge in [0.2, 0.25) is 5.91 Å². The summed E-state index contributed by atoms with van der Waals surface area (Å²) in [7, 11) is 1.65. The number of para-hydroxylation sites is 1. The van der Waals surface area contributed by atoms with Crippen molar-refractivity contribution in [3.63, 3.8) is 0 Å². The number of nitrogens with one attached hydrogen (secondary N) is 3. The van der Waals surface area contributed by atoms with Crippen molar-refractivity contribution in [1.29, 1.82) is 0 Å². The number of carbonyl (C=O) groups is 1. The van der Waals surface area contributed by atoms with Gasteiger partial charge < -0.3 is 25.4 Å². The lowest BCUT2D eigenvalue weighted by Crippen LogP contribution is -2.40. The highest BCUT2D eigenvalue weighted by molar-refractivity contribution is 14.0. The maximum Gasteiger partial charge on any atom is 0.387 e. The lowest BCUT2D eigenvalue weighted by molar-refractivity contribution is -0.116. The SMILES string of the molecule is CCOc1cc(CNC(=NC)NCC2CC(=O)Nc3ccccc32)ccc1OC(F)F.I. The first-order valence-electron chi connectivity index (χ1n) is 10.0. The quantitative estimate of drug-likeness (QED) is 0.258. The van der Waals surface area contributed by atoms with Gasteiger partial charge in [0.15, 0.2) is 17.5 Å². The molecule has 3 N–H and O–H groups in total. The Balaban J connectivity index is 0.00000363. The van der Waals surface area contributed by atoms with Crippen LogP contribution in [0.15, 0.2) is 47.5 Å².